The Morgan fingerprint density at radius 3 is 2.77 bits per heavy atom. The first kappa shape index (κ1) is 16.8. The van der Waals surface area contributed by atoms with E-state index in [2.05, 4.69) is 15.3 Å². The number of aromatic nitrogens is 2. The van der Waals surface area contributed by atoms with Gasteiger partial charge in [0, 0.05) is 39.1 Å². The van der Waals surface area contributed by atoms with Gasteiger partial charge in [0.15, 0.2) is 15.8 Å². The molecule has 7 nitrogen and oxygen atoms in total. The van der Waals surface area contributed by atoms with Gasteiger partial charge in [-0.2, -0.15) is 0 Å². The van der Waals surface area contributed by atoms with Gasteiger partial charge in [0.1, 0.15) is 12.4 Å². The molecule has 0 saturated carbocycles. The molecule has 1 aromatic rings. The molecule has 0 aliphatic carbocycles. The van der Waals surface area contributed by atoms with E-state index in [-0.39, 0.29) is 5.75 Å². The Morgan fingerprint density at radius 2 is 2.23 bits per heavy atom. The predicted octanol–water partition coefficient (Wildman–Crippen LogP) is 0.395. The Bertz CT molecular complexity index is 648. The van der Waals surface area contributed by atoms with E-state index in [9.17, 15) is 8.42 Å². The molecule has 0 radical (unpaired) electrons. The van der Waals surface area contributed by atoms with Crippen molar-refractivity contribution in [3.63, 3.8) is 0 Å². The standard InChI is InChI=1S/C14H25N5O2S/c1-5-15-13(17-10-12-16-6-7-18(12)4)19-8-9-22(20,21)14(2,3)11-19/h6-7H,5,8-11H2,1-4H3,(H,15,17). The van der Waals surface area contributed by atoms with Gasteiger partial charge in [-0.15, -0.1) is 0 Å². The number of nitrogens with one attached hydrogen (secondary N) is 1. The van der Waals surface area contributed by atoms with Crippen LogP contribution in [0.4, 0.5) is 0 Å². The summed E-state index contributed by atoms with van der Waals surface area (Å²) in [6, 6.07) is 0. The average molecular weight is 327 g/mol. The molecule has 0 atom stereocenters. The van der Waals surface area contributed by atoms with Gasteiger partial charge in [-0.1, -0.05) is 0 Å². The SMILES string of the molecule is CCNC(=NCc1nccn1C)N1CCS(=O)(=O)C(C)(C)C1. The molecule has 2 heterocycles. The maximum Gasteiger partial charge on any atom is 0.194 e. The number of aliphatic imine (C=N–C) groups is 1. The number of imidazole rings is 1. The summed E-state index contributed by atoms with van der Waals surface area (Å²) >= 11 is 0. The van der Waals surface area contributed by atoms with E-state index in [1.54, 1.807) is 20.0 Å². The number of hydrogen-bond acceptors (Lipinski definition) is 4. The molecule has 1 fully saturated rings. The van der Waals surface area contributed by atoms with Crippen molar-refractivity contribution in [3.8, 4) is 0 Å². The Balaban J connectivity index is 2.16. The van der Waals surface area contributed by atoms with Gasteiger partial charge in [-0.3, -0.25) is 0 Å². The van der Waals surface area contributed by atoms with Crippen molar-refractivity contribution >= 4 is 15.8 Å². The molecule has 22 heavy (non-hydrogen) atoms. The zero-order valence-electron chi connectivity index (χ0n) is 13.7. The van der Waals surface area contributed by atoms with Crippen molar-refractivity contribution in [2.45, 2.75) is 32.1 Å². The molecule has 0 unspecified atom stereocenters. The zero-order chi connectivity index (χ0) is 16.4. The smallest absolute Gasteiger partial charge is 0.194 e. The summed E-state index contributed by atoms with van der Waals surface area (Å²) in [6.45, 7) is 7.67. The van der Waals surface area contributed by atoms with Crippen LogP contribution in [0.1, 0.15) is 26.6 Å². The molecule has 0 aromatic carbocycles. The van der Waals surface area contributed by atoms with E-state index >= 15 is 0 Å². The zero-order valence-corrected chi connectivity index (χ0v) is 14.5. The third-order valence-corrected chi connectivity index (χ3v) is 6.50. The second-order valence-electron chi connectivity index (χ2n) is 6.12. The Morgan fingerprint density at radius 1 is 1.50 bits per heavy atom. The van der Waals surface area contributed by atoms with Crippen LogP contribution in [0.15, 0.2) is 17.4 Å². The lowest BCUT2D eigenvalue weighted by Crippen LogP contribution is -2.57. The summed E-state index contributed by atoms with van der Waals surface area (Å²) in [7, 11) is -1.12. The van der Waals surface area contributed by atoms with E-state index in [4.69, 9.17) is 0 Å². The molecule has 1 aliphatic rings. The fourth-order valence-corrected chi connectivity index (χ4v) is 3.81. The van der Waals surface area contributed by atoms with Crippen LogP contribution in [0.3, 0.4) is 0 Å². The monoisotopic (exact) mass is 327 g/mol. The topological polar surface area (TPSA) is 79.6 Å². The average Bonchev–Trinajstić information content (AvgIpc) is 2.83. The van der Waals surface area contributed by atoms with Gasteiger partial charge >= 0.3 is 0 Å². The molecular weight excluding hydrogens is 302 g/mol. The summed E-state index contributed by atoms with van der Waals surface area (Å²) in [5.74, 6) is 1.78. The van der Waals surface area contributed by atoms with Crippen LogP contribution in [-0.2, 0) is 23.4 Å². The second kappa shape index (κ2) is 6.28. The summed E-state index contributed by atoms with van der Waals surface area (Å²) in [4.78, 5) is 10.9. The molecule has 1 aliphatic heterocycles. The maximum absolute atomic E-state index is 12.1. The highest BCUT2D eigenvalue weighted by atomic mass is 32.2. The molecule has 1 aromatic heterocycles. The quantitative estimate of drug-likeness (QED) is 0.642. The first-order valence-corrected chi connectivity index (χ1v) is 9.14. The Labute approximate surface area is 132 Å². The maximum atomic E-state index is 12.1. The third kappa shape index (κ3) is 3.43. The highest BCUT2D eigenvalue weighted by Crippen LogP contribution is 2.23. The second-order valence-corrected chi connectivity index (χ2v) is 8.87. The van der Waals surface area contributed by atoms with Gasteiger partial charge in [0.2, 0.25) is 0 Å². The van der Waals surface area contributed by atoms with Crippen LogP contribution in [0.5, 0.6) is 0 Å². The van der Waals surface area contributed by atoms with Crippen molar-refractivity contribution < 1.29 is 8.42 Å². The molecule has 1 saturated heterocycles. The number of sulfone groups is 1. The van der Waals surface area contributed by atoms with Crippen LogP contribution >= 0.6 is 0 Å². The first-order chi connectivity index (χ1) is 10.3. The van der Waals surface area contributed by atoms with Gasteiger partial charge in [-0.05, 0) is 20.8 Å². The molecule has 0 amide bonds. The fourth-order valence-electron chi connectivity index (χ4n) is 2.44. The summed E-state index contributed by atoms with van der Waals surface area (Å²) < 4.78 is 25.4. The lowest BCUT2D eigenvalue weighted by molar-refractivity contribution is 0.353. The number of nitrogens with zero attached hydrogens (tertiary/aromatic N) is 4. The van der Waals surface area contributed by atoms with Gasteiger partial charge in [0.05, 0.1) is 10.5 Å². The van der Waals surface area contributed by atoms with Crippen molar-refractivity contribution in [1.82, 2.24) is 19.8 Å². The molecule has 0 spiro atoms. The van der Waals surface area contributed by atoms with Crippen LogP contribution < -0.4 is 5.32 Å². The third-order valence-electron chi connectivity index (χ3n) is 3.97. The van der Waals surface area contributed by atoms with Crippen LogP contribution in [0, 0.1) is 0 Å². The minimum absolute atomic E-state index is 0.160. The predicted molar refractivity (Wildman–Crippen MR) is 87.5 cm³/mol. The van der Waals surface area contributed by atoms with Crippen molar-refractivity contribution in [2.75, 3.05) is 25.4 Å². The molecule has 0 bridgehead atoms. The normalized spacial score (nSPS) is 20.9. The van der Waals surface area contributed by atoms with Crippen molar-refractivity contribution in [3.05, 3.63) is 18.2 Å². The van der Waals surface area contributed by atoms with E-state index < -0.39 is 14.6 Å². The largest absolute Gasteiger partial charge is 0.357 e. The summed E-state index contributed by atoms with van der Waals surface area (Å²) in [5.41, 5.74) is 0. The molecular formula is C14H25N5O2S. The molecule has 124 valence electrons. The van der Waals surface area contributed by atoms with E-state index in [1.165, 1.54) is 0 Å². The minimum Gasteiger partial charge on any atom is -0.357 e. The molecule has 2 rings (SSSR count). The van der Waals surface area contributed by atoms with Crippen LogP contribution in [0.25, 0.3) is 0 Å². The molecule has 8 heteroatoms. The van der Waals surface area contributed by atoms with Crippen LogP contribution in [-0.4, -0.2) is 59.0 Å². The lowest BCUT2D eigenvalue weighted by Gasteiger charge is -2.39. The number of guanidine groups is 1. The summed E-state index contributed by atoms with van der Waals surface area (Å²) in [5, 5.41) is 3.24. The Kier molecular flexibility index (Phi) is 4.79. The van der Waals surface area contributed by atoms with E-state index in [0.29, 0.717) is 19.6 Å². The number of rotatable bonds is 3. The van der Waals surface area contributed by atoms with E-state index in [1.807, 2.05) is 29.6 Å². The summed E-state index contributed by atoms with van der Waals surface area (Å²) in [6.07, 6.45) is 3.63. The minimum atomic E-state index is -3.05. The molecule has 1 N–H and O–H groups in total. The van der Waals surface area contributed by atoms with Gasteiger partial charge in [0.25, 0.3) is 0 Å². The number of hydrogen-bond donors (Lipinski definition) is 1. The highest BCUT2D eigenvalue weighted by molar-refractivity contribution is 7.92. The Hall–Kier alpha value is -1.57. The van der Waals surface area contributed by atoms with Crippen molar-refractivity contribution in [2.24, 2.45) is 12.0 Å². The van der Waals surface area contributed by atoms with Gasteiger partial charge in [-0.25, -0.2) is 18.4 Å². The first-order valence-electron chi connectivity index (χ1n) is 7.48. The van der Waals surface area contributed by atoms with Crippen molar-refractivity contribution in [1.29, 1.82) is 0 Å². The number of aryl methyl sites for hydroxylation is 1. The van der Waals surface area contributed by atoms with Crippen LogP contribution in [0.2, 0.25) is 0 Å². The highest BCUT2D eigenvalue weighted by Gasteiger charge is 2.40. The van der Waals surface area contributed by atoms with Gasteiger partial charge < -0.3 is 14.8 Å². The lowest BCUT2D eigenvalue weighted by atomic mass is 10.2. The van der Waals surface area contributed by atoms with E-state index in [0.717, 1.165) is 18.3 Å². The fraction of sp³-hybridized carbons (Fsp3) is 0.714.